The fraction of sp³-hybridized carbons (Fsp3) is 0.885. The number of nitrogens with one attached hydrogen (secondary N) is 3. The third-order valence-electron chi connectivity index (χ3n) is 8.48. The number of nitrogens with two attached hydrogens (primary N) is 4. The minimum absolute atomic E-state index is 0.0912. The molecule has 0 bridgehead atoms. The molecule has 12 atom stereocenters. The van der Waals surface area contributed by atoms with Gasteiger partial charge in [-0.3, -0.25) is 4.79 Å². The van der Waals surface area contributed by atoms with Crippen molar-refractivity contribution in [3.8, 4) is 0 Å². The van der Waals surface area contributed by atoms with Crippen LogP contribution in [0.25, 0.3) is 0 Å². The second-order valence-electron chi connectivity index (χ2n) is 11.7. The SMILES string of the molecule is CN[C@@H]1[C@@H](O)[C@@H](O[C@H]2[C@H](NC(=O)C(O)C(F)(F)CN)C[C@H](N)C([C@H]3OC(CN)=CC[C@H]3NCCCN)[C@@H]2O)OC[C@]1(C)O. The summed E-state index contributed by atoms with van der Waals surface area (Å²) in [5.74, 6) is -5.71. The van der Waals surface area contributed by atoms with Crippen LogP contribution in [0.5, 0.6) is 0 Å². The monoisotopic (exact) mass is 625 g/mol. The Bertz CT molecular complexity index is 951. The van der Waals surface area contributed by atoms with Crippen LogP contribution >= 0.6 is 0 Å². The van der Waals surface area contributed by atoms with Crippen molar-refractivity contribution in [3.63, 3.8) is 0 Å². The molecule has 250 valence electrons. The number of carbonyl (C=O) groups is 1. The van der Waals surface area contributed by atoms with E-state index in [9.17, 15) is 34.0 Å². The Morgan fingerprint density at radius 3 is 2.56 bits per heavy atom. The number of ether oxygens (including phenoxy) is 3. The van der Waals surface area contributed by atoms with Gasteiger partial charge in [0.2, 0.25) is 0 Å². The predicted molar refractivity (Wildman–Crippen MR) is 150 cm³/mol. The van der Waals surface area contributed by atoms with Crippen molar-refractivity contribution < 1.29 is 48.2 Å². The normalized spacial score (nSPS) is 39.5. The Labute approximate surface area is 249 Å². The Balaban J connectivity index is 1.93. The summed E-state index contributed by atoms with van der Waals surface area (Å²) in [5, 5.41) is 51.9. The summed E-state index contributed by atoms with van der Waals surface area (Å²) in [6, 6.07) is -3.28. The second kappa shape index (κ2) is 15.1. The first-order chi connectivity index (χ1) is 20.2. The molecular weight excluding hydrogens is 576 g/mol. The topological polar surface area (TPSA) is 266 Å². The molecule has 1 saturated heterocycles. The maximum absolute atomic E-state index is 14.1. The van der Waals surface area contributed by atoms with Gasteiger partial charge >= 0.3 is 0 Å². The number of amides is 1. The van der Waals surface area contributed by atoms with Crippen LogP contribution in [0.2, 0.25) is 0 Å². The number of hydrogen-bond donors (Lipinski definition) is 11. The molecule has 15 N–H and O–H groups in total. The number of aliphatic hydroxyl groups is 4. The summed E-state index contributed by atoms with van der Waals surface area (Å²) in [5.41, 5.74) is 21.6. The molecule has 2 heterocycles. The van der Waals surface area contributed by atoms with Crippen LogP contribution in [0, 0.1) is 5.92 Å². The molecule has 0 radical (unpaired) electrons. The number of likely N-dealkylation sites (N-methyl/N-ethyl adjacent to an activating group) is 1. The van der Waals surface area contributed by atoms with E-state index in [0.29, 0.717) is 31.7 Å². The van der Waals surface area contributed by atoms with Crippen molar-refractivity contribution in [2.45, 2.75) is 98.7 Å². The summed E-state index contributed by atoms with van der Waals surface area (Å²) >= 11 is 0. The highest BCUT2D eigenvalue weighted by Crippen LogP contribution is 2.37. The average molecular weight is 626 g/mol. The molecule has 1 aliphatic carbocycles. The summed E-state index contributed by atoms with van der Waals surface area (Å²) in [7, 11) is 1.53. The lowest BCUT2D eigenvalue weighted by molar-refractivity contribution is -0.297. The maximum atomic E-state index is 14.1. The molecule has 1 saturated carbocycles. The predicted octanol–water partition coefficient (Wildman–Crippen LogP) is -4.49. The minimum Gasteiger partial charge on any atom is -0.492 e. The third-order valence-corrected chi connectivity index (χ3v) is 8.48. The molecule has 2 unspecified atom stereocenters. The summed E-state index contributed by atoms with van der Waals surface area (Å²) < 4.78 is 46.0. The highest BCUT2D eigenvalue weighted by atomic mass is 19.3. The Morgan fingerprint density at radius 1 is 1.26 bits per heavy atom. The highest BCUT2D eigenvalue weighted by Gasteiger charge is 2.54. The van der Waals surface area contributed by atoms with E-state index in [2.05, 4.69) is 16.0 Å². The molecule has 17 heteroatoms. The van der Waals surface area contributed by atoms with Gasteiger partial charge in [-0.1, -0.05) is 0 Å². The van der Waals surface area contributed by atoms with Crippen LogP contribution in [-0.4, -0.2) is 139 Å². The quantitative estimate of drug-likeness (QED) is 0.0862. The van der Waals surface area contributed by atoms with Gasteiger partial charge in [-0.15, -0.1) is 0 Å². The smallest absolute Gasteiger partial charge is 0.294 e. The highest BCUT2D eigenvalue weighted by molar-refractivity contribution is 5.82. The molecule has 0 spiro atoms. The van der Waals surface area contributed by atoms with Crippen molar-refractivity contribution in [3.05, 3.63) is 11.8 Å². The number of halogens is 2. The fourth-order valence-electron chi connectivity index (χ4n) is 6.10. The van der Waals surface area contributed by atoms with E-state index < -0.39 is 84.8 Å². The first-order valence-corrected chi connectivity index (χ1v) is 14.6. The van der Waals surface area contributed by atoms with Crippen LogP contribution in [-0.2, 0) is 19.0 Å². The zero-order valence-electron chi connectivity index (χ0n) is 24.6. The van der Waals surface area contributed by atoms with Crippen molar-refractivity contribution in [1.82, 2.24) is 16.0 Å². The molecule has 3 aliphatic rings. The third kappa shape index (κ3) is 8.16. The molecule has 3 rings (SSSR count). The number of alkyl halides is 2. The van der Waals surface area contributed by atoms with Crippen LogP contribution in [0.4, 0.5) is 8.78 Å². The second-order valence-corrected chi connectivity index (χ2v) is 11.7. The van der Waals surface area contributed by atoms with Crippen LogP contribution in [0.3, 0.4) is 0 Å². The fourth-order valence-corrected chi connectivity index (χ4v) is 6.10. The van der Waals surface area contributed by atoms with Gasteiger partial charge in [0.15, 0.2) is 12.4 Å². The maximum Gasteiger partial charge on any atom is 0.294 e. The van der Waals surface area contributed by atoms with E-state index >= 15 is 0 Å². The van der Waals surface area contributed by atoms with Crippen molar-refractivity contribution in [2.75, 3.05) is 39.8 Å². The van der Waals surface area contributed by atoms with E-state index in [0.717, 1.165) is 0 Å². The summed E-state index contributed by atoms with van der Waals surface area (Å²) in [6.45, 7) is 1.04. The number of hydrogen-bond acceptors (Lipinski definition) is 14. The van der Waals surface area contributed by atoms with Gasteiger partial charge < -0.3 is 73.5 Å². The lowest BCUT2D eigenvalue weighted by atomic mass is 9.72. The first kappa shape index (κ1) is 35.9. The van der Waals surface area contributed by atoms with Gasteiger partial charge in [-0.05, 0) is 52.4 Å². The van der Waals surface area contributed by atoms with Gasteiger partial charge in [0.25, 0.3) is 11.8 Å². The summed E-state index contributed by atoms with van der Waals surface area (Å²) in [4.78, 5) is 12.7. The van der Waals surface area contributed by atoms with E-state index in [1.165, 1.54) is 14.0 Å². The van der Waals surface area contributed by atoms with Gasteiger partial charge in [0.05, 0.1) is 37.9 Å². The van der Waals surface area contributed by atoms with Crippen molar-refractivity contribution in [1.29, 1.82) is 0 Å². The summed E-state index contributed by atoms with van der Waals surface area (Å²) in [6.07, 6.45) is -6.29. The van der Waals surface area contributed by atoms with Gasteiger partial charge in [0, 0.05) is 18.0 Å². The minimum atomic E-state index is -3.92. The lowest BCUT2D eigenvalue weighted by Crippen LogP contribution is -2.70. The molecule has 0 aromatic heterocycles. The van der Waals surface area contributed by atoms with E-state index in [1.807, 2.05) is 6.08 Å². The first-order valence-electron chi connectivity index (χ1n) is 14.6. The molecule has 15 nitrogen and oxygen atoms in total. The molecule has 0 aromatic rings. The standard InChI is InChI=1S/C26H49F2N7O8/c1-25(40)11-41-24(18(37)21(25)33-2)43-20-15(35-23(39)22(38)26(27,28)10-31)8-13(32)16(17(20)36)19-14(34-7-3-6-29)5-4-12(9-30)42-19/h4,13-22,24,33-34,36-38,40H,3,5-11,29-32H2,1-2H3,(H,35,39)/t13-,14+,15+,16?,17-,18+,19-,20-,21+,22?,24+,25-/m0/s1. The molecule has 0 aromatic carbocycles. The largest absolute Gasteiger partial charge is 0.492 e. The van der Waals surface area contributed by atoms with E-state index in [1.54, 1.807) is 0 Å². The molecule has 43 heavy (non-hydrogen) atoms. The molecule has 2 aliphatic heterocycles. The van der Waals surface area contributed by atoms with Gasteiger partial charge in [-0.2, -0.15) is 0 Å². The zero-order chi connectivity index (χ0) is 32.1. The number of aliphatic hydroxyl groups excluding tert-OH is 3. The van der Waals surface area contributed by atoms with Crippen molar-refractivity contribution >= 4 is 5.91 Å². The number of rotatable bonds is 13. The molecule has 1 amide bonds. The Kier molecular flexibility index (Phi) is 12.6. The average Bonchev–Trinajstić information content (AvgIpc) is 2.96. The van der Waals surface area contributed by atoms with Crippen LogP contribution < -0.4 is 38.9 Å². The number of carbonyl (C=O) groups excluding carboxylic acids is 1. The zero-order valence-corrected chi connectivity index (χ0v) is 24.6. The van der Waals surface area contributed by atoms with Gasteiger partial charge in [-0.25, -0.2) is 8.78 Å². The van der Waals surface area contributed by atoms with E-state index in [4.69, 9.17) is 37.1 Å². The van der Waals surface area contributed by atoms with Crippen LogP contribution in [0.1, 0.15) is 26.2 Å². The van der Waals surface area contributed by atoms with Gasteiger partial charge in [0.1, 0.15) is 29.7 Å². The molecule has 2 fully saturated rings. The Hall–Kier alpha value is -1.61. The Morgan fingerprint density at radius 2 is 1.95 bits per heavy atom. The molecular formula is C26H49F2N7O8. The lowest BCUT2D eigenvalue weighted by Gasteiger charge is -2.51. The van der Waals surface area contributed by atoms with Crippen molar-refractivity contribution in [2.24, 2.45) is 28.9 Å². The van der Waals surface area contributed by atoms with Crippen LogP contribution in [0.15, 0.2) is 11.8 Å². The van der Waals surface area contributed by atoms with E-state index in [-0.39, 0.29) is 25.6 Å².